The van der Waals surface area contributed by atoms with Gasteiger partial charge in [0.2, 0.25) is 0 Å². The average Bonchev–Trinajstić information content (AvgIpc) is 3.19. The highest BCUT2D eigenvalue weighted by molar-refractivity contribution is 7.21. The molecule has 1 N–H and O–H groups in total. The Morgan fingerprint density at radius 3 is 2.72 bits per heavy atom. The number of halogens is 3. The van der Waals surface area contributed by atoms with Gasteiger partial charge in [0.15, 0.2) is 5.13 Å². The van der Waals surface area contributed by atoms with Crippen molar-refractivity contribution in [2.75, 3.05) is 5.32 Å². The first-order valence-electron chi connectivity index (χ1n) is 7.60. The fourth-order valence-corrected chi connectivity index (χ4v) is 4.99. The SMILES string of the molecule is Cc1c(C(=O)Nc2nc3c(s2)CCC3)sc2nc(C(F)(F)F)ccc12. The molecule has 0 radical (unpaired) electrons. The lowest BCUT2D eigenvalue weighted by molar-refractivity contribution is -0.140. The Bertz CT molecular complexity index is 969. The quantitative estimate of drug-likeness (QED) is 0.690. The minimum absolute atomic E-state index is 0.208. The number of carbonyl (C=O) groups excluding carboxylic acids is 1. The maximum atomic E-state index is 12.8. The van der Waals surface area contributed by atoms with Crippen LogP contribution in [0, 0.1) is 6.92 Å². The molecule has 3 heterocycles. The summed E-state index contributed by atoms with van der Waals surface area (Å²) in [7, 11) is 0. The number of nitrogens with zero attached hydrogens (tertiary/aromatic N) is 2. The van der Waals surface area contributed by atoms with E-state index in [1.54, 1.807) is 6.92 Å². The summed E-state index contributed by atoms with van der Waals surface area (Å²) >= 11 is 2.43. The molecule has 1 amide bonds. The molecule has 0 unspecified atom stereocenters. The summed E-state index contributed by atoms with van der Waals surface area (Å²) < 4.78 is 38.4. The van der Waals surface area contributed by atoms with Crippen molar-refractivity contribution in [3.8, 4) is 0 Å². The minimum Gasteiger partial charge on any atom is -0.297 e. The summed E-state index contributed by atoms with van der Waals surface area (Å²) in [4.78, 5) is 22.4. The summed E-state index contributed by atoms with van der Waals surface area (Å²) in [6, 6.07) is 2.31. The van der Waals surface area contributed by atoms with Crippen molar-refractivity contribution in [2.24, 2.45) is 0 Å². The highest BCUT2D eigenvalue weighted by atomic mass is 32.1. The van der Waals surface area contributed by atoms with Crippen molar-refractivity contribution < 1.29 is 18.0 Å². The number of pyridine rings is 1. The molecular formula is C16H12F3N3OS2. The van der Waals surface area contributed by atoms with E-state index in [-0.39, 0.29) is 10.7 Å². The molecular weight excluding hydrogens is 371 g/mol. The number of hydrogen-bond acceptors (Lipinski definition) is 5. The van der Waals surface area contributed by atoms with E-state index in [0.29, 0.717) is 21.0 Å². The molecule has 1 aliphatic carbocycles. The number of alkyl halides is 3. The van der Waals surface area contributed by atoms with E-state index >= 15 is 0 Å². The third kappa shape index (κ3) is 2.91. The van der Waals surface area contributed by atoms with E-state index in [2.05, 4.69) is 15.3 Å². The Kier molecular flexibility index (Phi) is 3.80. The molecule has 0 aliphatic heterocycles. The first-order chi connectivity index (χ1) is 11.8. The molecule has 0 saturated carbocycles. The lowest BCUT2D eigenvalue weighted by Gasteiger charge is -2.04. The number of rotatable bonds is 2. The predicted molar refractivity (Wildman–Crippen MR) is 91.5 cm³/mol. The van der Waals surface area contributed by atoms with Gasteiger partial charge in [-0.05, 0) is 43.9 Å². The van der Waals surface area contributed by atoms with Crippen molar-refractivity contribution in [2.45, 2.75) is 32.4 Å². The van der Waals surface area contributed by atoms with Crippen LogP contribution in [0.3, 0.4) is 0 Å². The van der Waals surface area contributed by atoms with Gasteiger partial charge in [0.05, 0.1) is 10.6 Å². The normalized spacial score (nSPS) is 14.1. The van der Waals surface area contributed by atoms with Gasteiger partial charge in [-0.3, -0.25) is 10.1 Å². The van der Waals surface area contributed by atoms with Gasteiger partial charge in [-0.15, -0.1) is 22.7 Å². The van der Waals surface area contributed by atoms with Gasteiger partial charge >= 0.3 is 6.18 Å². The minimum atomic E-state index is -4.50. The fourth-order valence-electron chi connectivity index (χ4n) is 2.87. The lowest BCUT2D eigenvalue weighted by atomic mass is 10.2. The number of anilines is 1. The summed E-state index contributed by atoms with van der Waals surface area (Å²) in [5.74, 6) is -0.360. The van der Waals surface area contributed by atoms with E-state index in [0.717, 1.165) is 42.4 Å². The maximum absolute atomic E-state index is 12.8. The Balaban J connectivity index is 1.65. The number of hydrogen-bond donors (Lipinski definition) is 1. The van der Waals surface area contributed by atoms with Crippen LogP contribution in [0.15, 0.2) is 12.1 Å². The van der Waals surface area contributed by atoms with E-state index in [1.807, 2.05) is 0 Å². The van der Waals surface area contributed by atoms with Crippen LogP contribution in [-0.2, 0) is 19.0 Å². The predicted octanol–water partition coefficient (Wildman–Crippen LogP) is 4.82. The first kappa shape index (κ1) is 16.5. The Morgan fingerprint density at radius 1 is 1.20 bits per heavy atom. The molecule has 0 aromatic carbocycles. The van der Waals surface area contributed by atoms with Crippen LogP contribution in [-0.4, -0.2) is 15.9 Å². The molecule has 3 aromatic heterocycles. The van der Waals surface area contributed by atoms with Crippen molar-refractivity contribution in [1.82, 2.24) is 9.97 Å². The van der Waals surface area contributed by atoms with Crippen LogP contribution >= 0.6 is 22.7 Å². The van der Waals surface area contributed by atoms with Crippen molar-refractivity contribution in [1.29, 1.82) is 0 Å². The van der Waals surface area contributed by atoms with Crippen molar-refractivity contribution in [3.05, 3.63) is 38.8 Å². The summed E-state index contributed by atoms with van der Waals surface area (Å²) in [5.41, 5.74) is 0.706. The van der Waals surface area contributed by atoms with Crippen LogP contribution in [0.2, 0.25) is 0 Å². The van der Waals surface area contributed by atoms with E-state index in [1.165, 1.54) is 22.3 Å². The number of thiophene rings is 1. The molecule has 4 rings (SSSR count). The number of fused-ring (bicyclic) bond motifs is 2. The molecule has 1 aliphatic rings. The highest BCUT2D eigenvalue weighted by Crippen LogP contribution is 2.35. The number of amides is 1. The molecule has 0 fully saturated rings. The van der Waals surface area contributed by atoms with Gasteiger partial charge in [0.1, 0.15) is 10.5 Å². The molecule has 3 aromatic rings. The molecule has 0 spiro atoms. The second kappa shape index (κ2) is 5.77. The zero-order chi connectivity index (χ0) is 17.8. The van der Waals surface area contributed by atoms with E-state index in [9.17, 15) is 18.0 Å². The van der Waals surface area contributed by atoms with Gasteiger partial charge in [0.25, 0.3) is 5.91 Å². The van der Waals surface area contributed by atoms with E-state index in [4.69, 9.17) is 0 Å². The molecule has 4 nitrogen and oxygen atoms in total. The van der Waals surface area contributed by atoms with Crippen LogP contribution in [0.25, 0.3) is 10.2 Å². The standard InChI is InChI=1S/C16H12F3N3OS2/c1-7-8-5-6-11(16(17,18)19)21-14(8)25-12(7)13(23)22-15-20-9-3-2-4-10(9)24-15/h5-6H,2-4H2,1H3,(H,20,22,23). The number of carbonyl (C=O) groups is 1. The van der Waals surface area contributed by atoms with Gasteiger partial charge in [-0.25, -0.2) is 9.97 Å². The molecule has 130 valence electrons. The monoisotopic (exact) mass is 383 g/mol. The summed E-state index contributed by atoms with van der Waals surface area (Å²) in [6.07, 6.45) is -1.51. The van der Waals surface area contributed by atoms with Crippen LogP contribution in [0.5, 0.6) is 0 Å². The second-order valence-electron chi connectivity index (χ2n) is 5.80. The highest BCUT2D eigenvalue weighted by Gasteiger charge is 2.33. The average molecular weight is 383 g/mol. The largest absolute Gasteiger partial charge is 0.433 e. The summed E-state index contributed by atoms with van der Waals surface area (Å²) in [6.45, 7) is 1.71. The van der Waals surface area contributed by atoms with Gasteiger partial charge in [-0.1, -0.05) is 0 Å². The smallest absolute Gasteiger partial charge is 0.297 e. The molecule has 0 bridgehead atoms. The topological polar surface area (TPSA) is 54.9 Å². The number of aryl methyl sites for hydroxylation is 3. The first-order valence-corrected chi connectivity index (χ1v) is 9.23. The van der Waals surface area contributed by atoms with Gasteiger partial charge < -0.3 is 0 Å². The summed E-state index contributed by atoms with van der Waals surface area (Å²) in [5, 5.41) is 3.86. The number of aromatic nitrogens is 2. The number of nitrogens with one attached hydrogen (secondary N) is 1. The molecule has 9 heteroatoms. The number of thiazole rings is 1. The van der Waals surface area contributed by atoms with Crippen LogP contribution in [0.4, 0.5) is 18.3 Å². The molecule has 0 saturated heterocycles. The Labute approximate surface area is 148 Å². The Morgan fingerprint density at radius 2 is 2.00 bits per heavy atom. The Hall–Kier alpha value is -2.00. The van der Waals surface area contributed by atoms with Crippen molar-refractivity contribution in [3.63, 3.8) is 0 Å². The van der Waals surface area contributed by atoms with E-state index < -0.39 is 11.9 Å². The maximum Gasteiger partial charge on any atom is 0.433 e. The third-order valence-corrected chi connectivity index (χ3v) is 6.39. The van der Waals surface area contributed by atoms with Gasteiger partial charge in [0, 0.05) is 10.3 Å². The molecule has 25 heavy (non-hydrogen) atoms. The fraction of sp³-hybridized carbons (Fsp3) is 0.312. The second-order valence-corrected chi connectivity index (χ2v) is 7.88. The zero-order valence-corrected chi connectivity index (χ0v) is 14.7. The van der Waals surface area contributed by atoms with Crippen molar-refractivity contribution >= 4 is 43.9 Å². The van der Waals surface area contributed by atoms with Crippen LogP contribution < -0.4 is 5.32 Å². The molecule has 0 atom stereocenters. The van der Waals surface area contributed by atoms with Gasteiger partial charge in [-0.2, -0.15) is 13.2 Å². The lowest BCUT2D eigenvalue weighted by Crippen LogP contribution is -2.11. The zero-order valence-electron chi connectivity index (χ0n) is 13.0. The third-order valence-electron chi connectivity index (χ3n) is 4.12. The van der Waals surface area contributed by atoms with Crippen LogP contribution in [0.1, 0.15) is 37.9 Å².